The number of hydrogen-bond donors (Lipinski definition) is 0. The molecule has 1 fully saturated rings. The molecule has 0 unspecified atom stereocenters. The van der Waals surface area contributed by atoms with Gasteiger partial charge >= 0.3 is 5.88 Å². The SMILES string of the molecule is COc1ccc(C(=O)N2CCN(Cc3ccc([N+](=O)[O-])o3)CC2)cc1. The molecular formula is C17H19N3O5. The fourth-order valence-electron chi connectivity index (χ4n) is 2.80. The lowest BCUT2D eigenvalue weighted by Gasteiger charge is -2.34. The first-order valence-electron chi connectivity index (χ1n) is 7.95. The molecule has 0 radical (unpaired) electrons. The Labute approximate surface area is 144 Å². The Kier molecular flexibility index (Phi) is 4.99. The van der Waals surface area contributed by atoms with Crippen LogP contribution in [0.2, 0.25) is 0 Å². The van der Waals surface area contributed by atoms with Crippen LogP contribution < -0.4 is 4.74 Å². The number of benzene rings is 1. The Balaban J connectivity index is 1.53. The summed E-state index contributed by atoms with van der Waals surface area (Å²) in [5, 5.41) is 10.6. The van der Waals surface area contributed by atoms with Crippen molar-refractivity contribution in [2.75, 3.05) is 33.3 Å². The van der Waals surface area contributed by atoms with E-state index in [-0.39, 0.29) is 11.8 Å². The van der Waals surface area contributed by atoms with E-state index in [0.717, 1.165) is 0 Å². The van der Waals surface area contributed by atoms with Crippen LogP contribution >= 0.6 is 0 Å². The van der Waals surface area contributed by atoms with Crippen LogP contribution in [0.15, 0.2) is 40.8 Å². The fourth-order valence-corrected chi connectivity index (χ4v) is 2.80. The number of nitrogens with zero attached hydrogens (tertiary/aromatic N) is 3. The van der Waals surface area contributed by atoms with Gasteiger partial charge in [0.2, 0.25) is 0 Å². The molecule has 0 spiro atoms. The van der Waals surface area contributed by atoms with E-state index in [4.69, 9.17) is 9.15 Å². The first kappa shape index (κ1) is 17.0. The highest BCUT2D eigenvalue weighted by Gasteiger charge is 2.23. The Morgan fingerprint density at radius 1 is 1.16 bits per heavy atom. The number of piperazine rings is 1. The van der Waals surface area contributed by atoms with Crippen LogP contribution in [0, 0.1) is 10.1 Å². The molecular weight excluding hydrogens is 326 g/mol. The first-order chi connectivity index (χ1) is 12.1. The molecule has 0 bridgehead atoms. The van der Waals surface area contributed by atoms with Crippen molar-refractivity contribution in [2.45, 2.75) is 6.54 Å². The van der Waals surface area contributed by atoms with Gasteiger partial charge in [-0.25, -0.2) is 0 Å². The maximum atomic E-state index is 12.5. The zero-order valence-corrected chi connectivity index (χ0v) is 13.9. The predicted molar refractivity (Wildman–Crippen MR) is 89.5 cm³/mol. The summed E-state index contributed by atoms with van der Waals surface area (Å²) in [6.07, 6.45) is 0. The number of carbonyl (C=O) groups is 1. The van der Waals surface area contributed by atoms with Crippen LogP contribution in [0.1, 0.15) is 16.1 Å². The summed E-state index contributed by atoms with van der Waals surface area (Å²) in [4.78, 5) is 26.5. The molecule has 1 aliphatic rings. The van der Waals surface area contributed by atoms with Crippen LogP contribution in [0.4, 0.5) is 5.88 Å². The summed E-state index contributed by atoms with van der Waals surface area (Å²) in [5.41, 5.74) is 0.635. The van der Waals surface area contributed by atoms with Crippen molar-refractivity contribution < 1.29 is 18.9 Å². The summed E-state index contributed by atoms with van der Waals surface area (Å²) < 4.78 is 10.3. The van der Waals surface area contributed by atoms with Crippen molar-refractivity contribution in [1.82, 2.24) is 9.80 Å². The molecule has 0 aliphatic carbocycles. The number of hydrogen-bond acceptors (Lipinski definition) is 6. The highest BCUT2D eigenvalue weighted by Crippen LogP contribution is 2.19. The third-order valence-electron chi connectivity index (χ3n) is 4.20. The molecule has 2 aromatic rings. The third-order valence-corrected chi connectivity index (χ3v) is 4.20. The first-order valence-corrected chi connectivity index (χ1v) is 7.95. The molecule has 0 atom stereocenters. The van der Waals surface area contributed by atoms with Crippen molar-refractivity contribution >= 4 is 11.8 Å². The van der Waals surface area contributed by atoms with E-state index in [1.165, 1.54) is 6.07 Å². The van der Waals surface area contributed by atoms with E-state index < -0.39 is 4.92 Å². The number of ether oxygens (including phenoxy) is 1. The lowest BCUT2D eigenvalue weighted by Crippen LogP contribution is -2.48. The molecule has 1 aromatic carbocycles. The highest BCUT2D eigenvalue weighted by molar-refractivity contribution is 5.94. The van der Waals surface area contributed by atoms with Gasteiger partial charge in [-0.15, -0.1) is 0 Å². The second kappa shape index (κ2) is 7.35. The molecule has 0 saturated carbocycles. The molecule has 1 aromatic heterocycles. The lowest BCUT2D eigenvalue weighted by atomic mass is 10.1. The zero-order chi connectivity index (χ0) is 17.8. The molecule has 132 valence electrons. The number of methoxy groups -OCH3 is 1. The molecule has 2 heterocycles. The smallest absolute Gasteiger partial charge is 0.433 e. The van der Waals surface area contributed by atoms with E-state index in [1.807, 2.05) is 4.90 Å². The highest BCUT2D eigenvalue weighted by atomic mass is 16.6. The van der Waals surface area contributed by atoms with E-state index in [2.05, 4.69) is 4.90 Å². The molecule has 8 heteroatoms. The summed E-state index contributed by atoms with van der Waals surface area (Å²) in [6.45, 7) is 3.09. The summed E-state index contributed by atoms with van der Waals surface area (Å²) in [5.74, 6) is 1.02. The van der Waals surface area contributed by atoms with Gasteiger partial charge in [-0.1, -0.05) is 0 Å². The molecule has 0 N–H and O–H groups in total. The molecule has 1 amide bonds. The average Bonchev–Trinajstić information content (AvgIpc) is 3.11. The van der Waals surface area contributed by atoms with Crippen molar-refractivity contribution in [1.29, 1.82) is 0 Å². The number of carbonyl (C=O) groups excluding carboxylic acids is 1. The normalized spacial score (nSPS) is 15.2. The number of nitro groups is 1. The van der Waals surface area contributed by atoms with Crippen LogP contribution in [0.5, 0.6) is 5.75 Å². The van der Waals surface area contributed by atoms with E-state index in [1.54, 1.807) is 37.4 Å². The van der Waals surface area contributed by atoms with E-state index in [0.29, 0.717) is 49.8 Å². The molecule has 3 rings (SSSR count). The molecule has 1 aliphatic heterocycles. The Bertz CT molecular complexity index is 748. The van der Waals surface area contributed by atoms with Crippen molar-refractivity contribution in [2.24, 2.45) is 0 Å². The van der Waals surface area contributed by atoms with Gasteiger partial charge in [-0.05, 0) is 30.3 Å². The standard InChI is InChI=1S/C17H19N3O5/c1-24-14-4-2-13(3-5-14)17(21)19-10-8-18(9-11-19)12-15-6-7-16(25-15)20(22)23/h2-7H,8-12H2,1H3. The Morgan fingerprint density at radius 3 is 2.40 bits per heavy atom. The van der Waals surface area contributed by atoms with Crippen molar-refractivity contribution in [3.05, 3.63) is 57.8 Å². The van der Waals surface area contributed by atoms with Crippen molar-refractivity contribution in [3.8, 4) is 5.75 Å². The topological polar surface area (TPSA) is 89.1 Å². The second-order valence-electron chi connectivity index (χ2n) is 5.79. The maximum Gasteiger partial charge on any atom is 0.433 e. The van der Waals surface area contributed by atoms with Crippen LogP contribution in [0.3, 0.4) is 0 Å². The number of rotatable bonds is 5. The van der Waals surface area contributed by atoms with Gasteiger partial charge in [-0.2, -0.15) is 0 Å². The summed E-state index contributed by atoms with van der Waals surface area (Å²) >= 11 is 0. The van der Waals surface area contributed by atoms with E-state index >= 15 is 0 Å². The number of amides is 1. The monoisotopic (exact) mass is 345 g/mol. The average molecular weight is 345 g/mol. The minimum atomic E-state index is -0.547. The van der Waals surface area contributed by atoms with Gasteiger partial charge < -0.3 is 14.1 Å². The zero-order valence-electron chi connectivity index (χ0n) is 13.9. The maximum absolute atomic E-state index is 12.5. The van der Waals surface area contributed by atoms with Crippen LogP contribution in [-0.2, 0) is 6.54 Å². The summed E-state index contributed by atoms with van der Waals surface area (Å²) in [7, 11) is 1.59. The van der Waals surface area contributed by atoms with Gasteiger partial charge in [0.1, 0.15) is 16.4 Å². The predicted octanol–water partition coefficient (Wildman–Crippen LogP) is 2.15. The lowest BCUT2D eigenvalue weighted by molar-refractivity contribution is -0.402. The molecule has 8 nitrogen and oxygen atoms in total. The molecule has 1 saturated heterocycles. The quantitative estimate of drug-likeness (QED) is 0.609. The molecule has 25 heavy (non-hydrogen) atoms. The van der Waals surface area contributed by atoms with Gasteiger partial charge in [-0.3, -0.25) is 19.8 Å². The fraction of sp³-hybridized carbons (Fsp3) is 0.353. The minimum absolute atomic E-state index is 0.00376. The number of furan rings is 1. The van der Waals surface area contributed by atoms with Gasteiger partial charge in [0.15, 0.2) is 0 Å². The minimum Gasteiger partial charge on any atom is -0.497 e. The Morgan fingerprint density at radius 2 is 1.84 bits per heavy atom. The van der Waals surface area contributed by atoms with Crippen LogP contribution in [-0.4, -0.2) is 53.9 Å². The van der Waals surface area contributed by atoms with Gasteiger partial charge in [0.25, 0.3) is 5.91 Å². The van der Waals surface area contributed by atoms with Crippen LogP contribution in [0.25, 0.3) is 0 Å². The summed E-state index contributed by atoms with van der Waals surface area (Å²) in [6, 6.07) is 10.0. The Hall–Kier alpha value is -2.87. The third kappa shape index (κ3) is 3.97. The van der Waals surface area contributed by atoms with Crippen molar-refractivity contribution in [3.63, 3.8) is 0 Å². The van der Waals surface area contributed by atoms with Gasteiger partial charge in [0.05, 0.1) is 19.7 Å². The largest absolute Gasteiger partial charge is 0.497 e. The van der Waals surface area contributed by atoms with E-state index in [9.17, 15) is 14.9 Å². The van der Waals surface area contributed by atoms with Gasteiger partial charge in [0, 0.05) is 31.7 Å². The second-order valence-corrected chi connectivity index (χ2v) is 5.79.